The van der Waals surface area contributed by atoms with Crippen molar-refractivity contribution in [1.29, 1.82) is 0 Å². The Morgan fingerprint density at radius 1 is 1.24 bits per heavy atom. The summed E-state index contributed by atoms with van der Waals surface area (Å²) in [6, 6.07) is 4.28. The fourth-order valence-electron chi connectivity index (χ4n) is 3.60. The number of furan rings is 1. The van der Waals surface area contributed by atoms with Crippen molar-refractivity contribution >= 4 is 11.9 Å². The van der Waals surface area contributed by atoms with E-state index in [2.05, 4.69) is 4.90 Å². The van der Waals surface area contributed by atoms with Crippen molar-refractivity contribution in [3.05, 3.63) is 23.7 Å². The van der Waals surface area contributed by atoms with E-state index in [1.165, 1.54) is 0 Å². The van der Waals surface area contributed by atoms with Crippen LogP contribution in [0.4, 0.5) is 4.79 Å². The molecule has 0 aliphatic carbocycles. The molecular formula is C18H28N4O3. The number of amides is 3. The molecule has 7 heteroatoms. The molecule has 0 unspecified atom stereocenters. The Hall–Kier alpha value is -2.02. The van der Waals surface area contributed by atoms with Crippen LogP contribution in [-0.2, 0) is 11.3 Å². The molecule has 0 N–H and O–H groups in total. The Labute approximate surface area is 149 Å². The first-order valence-corrected chi connectivity index (χ1v) is 8.97. The minimum Gasteiger partial charge on any atom is -0.464 e. The molecule has 25 heavy (non-hydrogen) atoms. The smallest absolute Gasteiger partial charge is 0.320 e. The predicted molar refractivity (Wildman–Crippen MR) is 94.1 cm³/mol. The lowest BCUT2D eigenvalue weighted by molar-refractivity contribution is -0.132. The Kier molecular flexibility index (Phi) is 5.32. The van der Waals surface area contributed by atoms with Crippen molar-refractivity contribution in [1.82, 2.24) is 19.6 Å². The molecule has 3 heterocycles. The van der Waals surface area contributed by atoms with Gasteiger partial charge in [0.2, 0.25) is 5.91 Å². The number of likely N-dealkylation sites (N-methyl/N-ethyl adjacent to an activating group) is 2. The van der Waals surface area contributed by atoms with Crippen LogP contribution in [0.15, 0.2) is 16.5 Å². The minimum absolute atomic E-state index is 0.101. The van der Waals surface area contributed by atoms with Crippen LogP contribution < -0.4 is 0 Å². The van der Waals surface area contributed by atoms with Crippen LogP contribution in [0.25, 0.3) is 0 Å². The van der Waals surface area contributed by atoms with Gasteiger partial charge in [0.05, 0.1) is 13.1 Å². The average molecular weight is 348 g/mol. The summed E-state index contributed by atoms with van der Waals surface area (Å²) in [6.07, 6.45) is 1.88. The van der Waals surface area contributed by atoms with E-state index < -0.39 is 0 Å². The standard InChI is InChI=1S/C18H28N4O3/c1-14-4-5-16(25-14)12-20(3)17(23)13-21-8-6-15(7-9-21)22-11-10-19(2)18(22)24/h4-5,15H,6-13H2,1-3H3. The first kappa shape index (κ1) is 17.8. The van der Waals surface area contributed by atoms with Gasteiger partial charge >= 0.3 is 6.03 Å². The highest BCUT2D eigenvalue weighted by Gasteiger charge is 2.33. The summed E-state index contributed by atoms with van der Waals surface area (Å²) in [5.74, 6) is 1.77. The summed E-state index contributed by atoms with van der Waals surface area (Å²) in [5.41, 5.74) is 0. The first-order valence-electron chi connectivity index (χ1n) is 8.97. The highest BCUT2D eigenvalue weighted by atomic mass is 16.3. The van der Waals surface area contributed by atoms with Crippen LogP contribution in [0, 0.1) is 6.92 Å². The number of carbonyl (C=O) groups is 2. The van der Waals surface area contributed by atoms with Crippen LogP contribution in [-0.4, -0.2) is 84.4 Å². The molecule has 7 nitrogen and oxygen atoms in total. The number of urea groups is 1. The van der Waals surface area contributed by atoms with E-state index in [4.69, 9.17) is 4.42 Å². The highest BCUT2D eigenvalue weighted by Crippen LogP contribution is 2.20. The first-order chi connectivity index (χ1) is 11.9. The molecular weight excluding hydrogens is 320 g/mol. The average Bonchev–Trinajstić information content (AvgIpc) is 3.14. The highest BCUT2D eigenvalue weighted by molar-refractivity contribution is 5.78. The number of carbonyl (C=O) groups excluding carboxylic acids is 2. The Morgan fingerprint density at radius 2 is 1.96 bits per heavy atom. The Bertz CT molecular complexity index is 622. The van der Waals surface area contributed by atoms with Gasteiger partial charge in [0, 0.05) is 46.3 Å². The second-order valence-electron chi connectivity index (χ2n) is 7.17. The fourth-order valence-corrected chi connectivity index (χ4v) is 3.60. The molecule has 3 amide bonds. The lowest BCUT2D eigenvalue weighted by Gasteiger charge is -2.36. The molecule has 1 aromatic heterocycles. The second kappa shape index (κ2) is 7.47. The van der Waals surface area contributed by atoms with Gasteiger partial charge in [0.15, 0.2) is 0 Å². The molecule has 0 saturated carbocycles. The number of nitrogens with zero attached hydrogens (tertiary/aromatic N) is 4. The van der Waals surface area contributed by atoms with E-state index in [9.17, 15) is 9.59 Å². The number of likely N-dealkylation sites (tertiary alicyclic amines) is 1. The van der Waals surface area contributed by atoms with Gasteiger partial charge in [-0.3, -0.25) is 9.69 Å². The van der Waals surface area contributed by atoms with Crippen LogP contribution >= 0.6 is 0 Å². The third kappa shape index (κ3) is 4.15. The lowest BCUT2D eigenvalue weighted by atomic mass is 10.0. The van der Waals surface area contributed by atoms with E-state index in [1.807, 2.05) is 38.1 Å². The maximum absolute atomic E-state index is 12.4. The maximum Gasteiger partial charge on any atom is 0.320 e. The predicted octanol–water partition coefficient (Wildman–Crippen LogP) is 1.38. The van der Waals surface area contributed by atoms with E-state index in [0.717, 1.165) is 50.5 Å². The monoisotopic (exact) mass is 348 g/mol. The minimum atomic E-state index is 0.101. The number of aryl methyl sites for hydroxylation is 1. The molecule has 2 fully saturated rings. The van der Waals surface area contributed by atoms with Crippen molar-refractivity contribution in [2.24, 2.45) is 0 Å². The van der Waals surface area contributed by atoms with Crippen molar-refractivity contribution in [2.45, 2.75) is 32.4 Å². The van der Waals surface area contributed by atoms with Crippen molar-refractivity contribution in [2.75, 3.05) is 46.8 Å². The van der Waals surface area contributed by atoms with Gasteiger partial charge in [0.1, 0.15) is 11.5 Å². The van der Waals surface area contributed by atoms with Gasteiger partial charge in [-0.2, -0.15) is 0 Å². The maximum atomic E-state index is 12.4. The zero-order valence-electron chi connectivity index (χ0n) is 15.4. The van der Waals surface area contributed by atoms with Crippen LogP contribution in [0.1, 0.15) is 24.4 Å². The number of piperidine rings is 1. The van der Waals surface area contributed by atoms with Gasteiger partial charge in [0.25, 0.3) is 0 Å². The SMILES string of the molecule is Cc1ccc(CN(C)C(=O)CN2CCC(N3CCN(C)C3=O)CC2)o1. The molecule has 2 aliphatic heterocycles. The Morgan fingerprint density at radius 3 is 2.52 bits per heavy atom. The van der Waals surface area contributed by atoms with Crippen molar-refractivity contribution < 1.29 is 14.0 Å². The zero-order valence-corrected chi connectivity index (χ0v) is 15.4. The molecule has 0 spiro atoms. The molecule has 0 aromatic carbocycles. The number of hydrogen-bond acceptors (Lipinski definition) is 4. The van der Waals surface area contributed by atoms with Gasteiger partial charge in [-0.1, -0.05) is 0 Å². The normalized spacial score (nSPS) is 19.7. The summed E-state index contributed by atoms with van der Waals surface area (Å²) < 4.78 is 5.54. The summed E-state index contributed by atoms with van der Waals surface area (Å²) in [6.45, 7) is 6.18. The van der Waals surface area contributed by atoms with E-state index in [0.29, 0.717) is 19.1 Å². The largest absolute Gasteiger partial charge is 0.464 e. The number of rotatable bonds is 5. The molecule has 1 aromatic rings. The summed E-state index contributed by atoms with van der Waals surface area (Å²) in [5, 5.41) is 0. The number of hydrogen-bond donors (Lipinski definition) is 0. The molecule has 2 aliphatic rings. The van der Waals surface area contributed by atoms with E-state index in [-0.39, 0.29) is 11.9 Å². The molecule has 3 rings (SSSR count). The third-order valence-electron chi connectivity index (χ3n) is 5.22. The Balaban J connectivity index is 1.44. The second-order valence-corrected chi connectivity index (χ2v) is 7.17. The topological polar surface area (TPSA) is 60.2 Å². The van der Waals surface area contributed by atoms with Crippen LogP contribution in [0.2, 0.25) is 0 Å². The molecule has 2 saturated heterocycles. The van der Waals surface area contributed by atoms with Crippen molar-refractivity contribution in [3.8, 4) is 0 Å². The summed E-state index contributed by atoms with van der Waals surface area (Å²) >= 11 is 0. The van der Waals surface area contributed by atoms with Crippen molar-refractivity contribution in [3.63, 3.8) is 0 Å². The van der Waals surface area contributed by atoms with Gasteiger partial charge < -0.3 is 19.1 Å². The molecule has 138 valence electrons. The molecule has 0 bridgehead atoms. The van der Waals surface area contributed by atoms with E-state index in [1.54, 1.807) is 9.80 Å². The quantitative estimate of drug-likeness (QED) is 0.807. The summed E-state index contributed by atoms with van der Waals surface area (Å²) in [4.78, 5) is 32.2. The zero-order chi connectivity index (χ0) is 18.0. The molecule has 0 atom stereocenters. The van der Waals surface area contributed by atoms with E-state index >= 15 is 0 Å². The van der Waals surface area contributed by atoms with Crippen LogP contribution in [0.3, 0.4) is 0 Å². The summed E-state index contributed by atoms with van der Waals surface area (Å²) in [7, 11) is 3.66. The fraction of sp³-hybridized carbons (Fsp3) is 0.667. The third-order valence-corrected chi connectivity index (χ3v) is 5.22. The van der Waals surface area contributed by atoms with Gasteiger partial charge in [-0.15, -0.1) is 0 Å². The lowest BCUT2D eigenvalue weighted by Crippen LogP contribution is -2.48. The van der Waals surface area contributed by atoms with Gasteiger partial charge in [-0.05, 0) is 31.9 Å². The van der Waals surface area contributed by atoms with Crippen LogP contribution in [0.5, 0.6) is 0 Å². The van der Waals surface area contributed by atoms with Gasteiger partial charge in [-0.25, -0.2) is 4.79 Å². The molecule has 0 radical (unpaired) electrons.